The van der Waals surface area contributed by atoms with Crippen molar-refractivity contribution < 1.29 is 17.6 Å². The average Bonchev–Trinajstić information content (AvgIpc) is 2.25. The van der Waals surface area contributed by atoms with Crippen LogP contribution in [0.3, 0.4) is 0 Å². The lowest BCUT2D eigenvalue weighted by molar-refractivity contribution is -0.146. The Hall–Kier alpha value is -1.63. The molecule has 3 N–H and O–H groups in total. The fourth-order valence-electron chi connectivity index (χ4n) is 1.69. The predicted octanol–water partition coefficient (Wildman–Crippen LogP) is 2.49. The van der Waals surface area contributed by atoms with E-state index in [9.17, 15) is 17.6 Å². The second-order valence-corrected chi connectivity index (χ2v) is 4.18. The lowest BCUT2D eigenvalue weighted by Gasteiger charge is -2.22. The summed E-state index contributed by atoms with van der Waals surface area (Å²) in [6.07, 6.45) is -4.30. The van der Waals surface area contributed by atoms with Gasteiger partial charge >= 0.3 is 6.18 Å². The maximum Gasteiger partial charge on any atom is 0.401 e. The topological polar surface area (TPSA) is 53.1 Å². The number of alkyl halides is 3. The molecule has 0 aromatic heterocycles. The summed E-state index contributed by atoms with van der Waals surface area (Å²) in [5.41, 5.74) is 5.76. The van der Waals surface area contributed by atoms with E-state index in [4.69, 9.17) is 11.1 Å². The Morgan fingerprint density at radius 2 is 1.95 bits per heavy atom. The maximum absolute atomic E-state index is 13.3. The van der Waals surface area contributed by atoms with Crippen molar-refractivity contribution in [2.75, 3.05) is 13.1 Å². The monoisotopic (exact) mass is 277 g/mol. The van der Waals surface area contributed by atoms with Gasteiger partial charge < -0.3 is 5.73 Å². The van der Waals surface area contributed by atoms with E-state index < -0.39 is 18.5 Å². The van der Waals surface area contributed by atoms with Gasteiger partial charge in [0, 0.05) is 12.1 Å². The highest BCUT2D eigenvalue weighted by molar-refractivity contribution is 5.95. The minimum Gasteiger partial charge on any atom is -0.384 e. The van der Waals surface area contributed by atoms with E-state index in [1.807, 2.05) is 0 Å². The summed E-state index contributed by atoms with van der Waals surface area (Å²) < 4.78 is 50.2. The summed E-state index contributed by atoms with van der Waals surface area (Å²) in [7, 11) is 0. The zero-order valence-corrected chi connectivity index (χ0v) is 10.4. The zero-order chi connectivity index (χ0) is 14.6. The highest BCUT2D eigenvalue weighted by Crippen LogP contribution is 2.18. The summed E-state index contributed by atoms with van der Waals surface area (Å²) in [6, 6.07) is 3.64. The van der Waals surface area contributed by atoms with Crippen LogP contribution in [0.4, 0.5) is 17.6 Å². The van der Waals surface area contributed by atoms with E-state index >= 15 is 0 Å². The molecule has 0 atom stereocenters. The van der Waals surface area contributed by atoms with Crippen molar-refractivity contribution in [2.24, 2.45) is 5.73 Å². The fraction of sp³-hybridized carbons (Fsp3) is 0.417. The molecule has 0 amide bonds. The van der Waals surface area contributed by atoms with Gasteiger partial charge in [0.2, 0.25) is 0 Å². The lowest BCUT2D eigenvalue weighted by atomic mass is 10.1. The Bertz CT molecular complexity index is 457. The Morgan fingerprint density at radius 1 is 1.32 bits per heavy atom. The zero-order valence-electron chi connectivity index (χ0n) is 10.4. The number of nitrogens with one attached hydrogen (secondary N) is 1. The first-order chi connectivity index (χ1) is 8.71. The first-order valence-electron chi connectivity index (χ1n) is 5.64. The number of amidine groups is 1. The Labute approximate surface area is 108 Å². The third kappa shape index (κ3) is 5.25. The molecule has 0 saturated carbocycles. The normalized spacial score (nSPS) is 11.9. The second kappa shape index (κ2) is 6.01. The number of rotatable bonds is 5. The molecule has 0 radical (unpaired) electrons. The largest absolute Gasteiger partial charge is 0.401 e. The summed E-state index contributed by atoms with van der Waals surface area (Å²) in [6.45, 7) is 0.672. The van der Waals surface area contributed by atoms with Gasteiger partial charge in [-0.25, -0.2) is 4.39 Å². The highest BCUT2D eigenvalue weighted by atomic mass is 19.4. The average molecular weight is 277 g/mol. The number of benzene rings is 1. The van der Waals surface area contributed by atoms with Gasteiger partial charge in [0.1, 0.15) is 11.7 Å². The van der Waals surface area contributed by atoms with Crippen molar-refractivity contribution in [1.82, 2.24) is 4.90 Å². The van der Waals surface area contributed by atoms with Crippen LogP contribution in [0.5, 0.6) is 0 Å². The molecule has 19 heavy (non-hydrogen) atoms. The highest BCUT2D eigenvalue weighted by Gasteiger charge is 2.30. The summed E-state index contributed by atoms with van der Waals surface area (Å²) in [5, 5.41) is 7.22. The molecule has 7 heteroatoms. The molecule has 1 aromatic rings. The van der Waals surface area contributed by atoms with Crippen LogP contribution < -0.4 is 5.73 Å². The van der Waals surface area contributed by atoms with Gasteiger partial charge in [-0.05, 0) is 30.3 Å². The third-order valence-corrected chi connectivity index (χ3v) is 2.52. The van der Waals surface area contributed by atoms with Crippen LogP contribution in [0.2, 0.25) is 0 Å². The van der Waals surface area contributed by atoms with Crippen LogP contribution in [0.15, 0.2) is 18.2 Å². The van der Waals surface area contributed by atoms with E-state index in [0.29, 0.717) is 5.56 Å². The van der Waals surface area contributed by atoms with E-state index in [-0.39, 0.29) is 24.5 Å². The Balaban J connectivity index is 2.88. The lowest BCUT2D eigenvalue weighted by Crippen LogP contribution is -2.33. The van der Waals surface area contributed by atoms with Gasteiger partial charge in [-0.1, -0.05) is 6.92 Å². The molecular weight excluding hydrogens is 262 g/mol. The molecule has 106 valence electrons. The Morgan fingerprint density at radius 3 is 2.42 bits per heavy atom. The van der Waals surface area contributed by atoms with Gasteiger partial charge in [0.05, 0.1) is 6.54 Å². The van der Waals surface area contributed by atoms with E-state index in [2.05, 4.69) is 0 Å². The summed E-state index contributed by atoms with van der Waals surface area (Å²) >= 11 is 0. The van der Waals surface area contributed by atoms with Gasteiger partial charge in [-0.15, -0.1) is 0 Å². The number of nitrogen functional groups attached to an aromatic ring is 1. The van der Waals surface area contributed by atoms with Crippen LogP contribution >= 0.6 is 0 Å². The molecule has 0 aliphatic carbocycles. The quantitative estimate of drug-likeness (QED) is 0.493. The molecule has 0 spiro atoms. The molecule has 0 fully saturated rings. The summed E-state index contributed by atoms with van der Waals surface area (Å²) in [5.74, 6) is -0.939. The van der Waals surface area contributed by atoms with Crippen molar-refractivity contribution in [3.63, 3.8) is 0 Å². The molecular formula is C12H15F4N3. The van der Waals surface area contributed by atoms with Crippen LogP contribution in [0.1, 0.15) is 18.1 Å². The van der Waals surface area contributed by atoms with Crippen molar-refractivity contribution >= 4 is 5.84 Å². The SMILES string of the molecule is CCN(Cc1cc(F)cc(C(=N)N)c1)CC(F)(F)F. The van der Waals surface area contributed by atoms with Gasteiger partial charge in [0.15, 0.2) is 0 Å². The van der Waals surface area contributed by atoms with Crippen molar-refractivity contribution in [2.45, 2.75) is 19.6 Å². The molecule has 0 unspecified atom stereocenters. The minimum atomic E-state index is -4.30. The first-order valence-corrected chi connectivity index (χ1v) is 5.64. The molecule has 0 bridgehead atoms. The number of nitrogens with zero attached hydrogens (tertiary/aromatic N) is 1. The molecule has 3 nitrogen and oxygen atoms in total. The molecule has 1 aromatic carbocycles. The second-order valence-electron chi connectivity index (χ2n) is 4.18. The number of nitrogens with two attached hydrogens (primary N) is 1. The molecule has 0 aliphatic heterocycles. The van der Waals surface area contributed by atoms with Crippen LogP contribution in [0, 0.1) is 11.2 Å². The fourth-order valence-corrected chi connectivity index (χ4v) is 1.69. The molecule has 0 heterocycles. The van der Waals surface area contributed by atoms with E-state index in [1.54, 1.807) is 6.92 Å². The van der Waals surface area contributed by atoms with Crippen LogP contribution in [0.25, 0.3) is 0 Å². The van der Waals surface area contributed by atoms with Crippen molar-refractivity contribution in [3.05, 3.63) is 35.1 Å². The van der Waals surface area contributed by atoms with Gasteiger partial charge in [-0.2, -0.15) is 13.2 Å². The van der Waals surface area contributed by atoms with Gasteiger partial charge in [0.25, 0.3) is 0 Å². The minimum absolute atomic E-state index is 0.0476. The smallest absolute Gasteiger partial charge is 0.384 e. The van der Waals surface area contributed by atoms with E-state index in [1.165, 1.54) is 6.07 Å². The molecule has 0 saturated heterocycles. The number of halogens is 4. The number of hydrogen-bond acceptors (Lipinski definition) is 2. The predicted molar refractivity (Wildman–Crippen MR) is 64.4 cm³/mol. The number of hydrogen-bond donors (Lipinski definition) is 2. The maximum atomic E-state index is 13.3. The third-order valence-electron chi connectivity index (χ3n) is 2.52. The molecule has 0 aliphatic rings. The summed E-state index contributed by atoms with van der Waals surface area (Å²) in [4.78, 5) is 1.14. The standard InChI is InChI=1S/C12H15F4N3/c1-2-19(7-12(14,15)16)6-8-3-9(11(17)18)5-10(13)4-8/h3-5H,2,6-7H2,1H3,(H3,17,18). The van der Waals surface area contributed by atoms with E-state index in [0.717, 1.165) is 17.0 Å². The van der Waals surface area contributed by atoms with Crippen LogP contribution in [-0.2, 0) is 6.54 Å². The molecule has 1 rings (SSSR count). The van der Waals surface area contributed by atoms with Gasteiger partial charge in [-0.3, -0.25) is 10.3 Å². The van der Waals surface area contributed by atoms with Crippen molar-refractivity contribution in [3.8, 4) is 0 Å². The van der Waals surface area contributed by atoms with Crippen molar-refractivity contribution in [1.29, 1.82) is 5.41 Å². The van der Waals surface area contributed by atoms with Crippen LogP contribution in [-0.4, -0.2) is 30.0 Å². The first kappa shape index (κ1) is 15.4. The Kier molecular flexibility index (Phi) is 4.88.